The molecule has 6 aromatic heterocycles. The smallest absolute Gasteiger partial charge is 0.144 e. The molecule has 0 atom stereocenters. The first-order valence-electron chi connectivity index (χ1n) is 30.6. The molecule has 12 aromatic rings. The summed E-state index contributed by atoms with van der Waals surface area (Å²) in [5.41, 5.74) is 14.5. The van der Waals surface area contributed by atoms with Gasteiger partial charge in [0.05, 0.1) is 37.5 Å². The van der Waals surface area contributed by atoms with Crippen LogP contribution in [0.25, 0.3) is 88.9 Å². The Bertz CT molecular complexity index is 4260. The third kappa shape index (κ3) is 24.5. The molecule has 2 aliphatic carbocycles. The molecule has 0 amide bonds. The molecule has 96 heavy (non-hydrogen) atoms. The maximum Gasteiger partial charge on any atom is 0.144 e. The molecule has 0 saturated heterocycles. The van der Waals surface area contributed by atoms with Crippen molar-refractivity contribution in [2.24, 2.45) is 0 Å². The van der Waals surface area contributed by atoms with Crippen molar-refractivity contribution in [3.63, 3.8) is 0 Å². The zero-order valence-electron chi connectivity index (χ0n) is 55.7. The number of hydrogen-bond acceptors (Lipinski definition) is 11. The molecule has 8 radical (unpaired) electrons. The minimum atomic E-state index is -3.92. The molecule has 2 aliphatic rings. The zero-order valence-corrected chi connectivity index (χ0v) is 63.3. The summed E-state index contributed by atoms with van der Waals surface area (Å²) in [6.45, 7) is 16.0. The van der Waals surface area contributed by atoms with Crippen LogP contribution in [0, 0.1) is 42.4 Å². The summed E-state index contributed by atoms with van der Waals surface area (Å²) in [7, 11) is 9.17. The quantitative estimate of drug-likeness (QED) is 0.0641. The third-order valence-electron chi connectivity index (χ3n) is 14.3. The van der Waals surface area contributed by atoms with Crippen molar-refractivity contribution in [3.05, 3.63) is 230 Å². The number of fused-ring (bicyclic) bond motifs is 6. The molecule has 2 fully saturated rings. The SMILES string of the molecule is C#CC#CC.CO.CO.CS(=O)(=O)[O-].C[Si](C)(C)c1cccc2oc3c(-c4ccccn4)[c-]ccc3c12.C[Si](C)(C)c1cccc2oc3c(-c4ccccn4)cccc3c12.[B]B([B])[B].[Ir].[Ir].[c-]1ccccc1-c1ccc(C2CC2)cn1.[c-]1ccccc1-c1ccc(C2CC2)cn1. The summed E-state index contributed by atoms with van der Waals surface area (Å²) in [5.74, 6) is 8.64. The maximum absolute atomic E-state index is 9.08. The summed E-state index contributed by atoms with van der Waals surface area (Å²) < 4.78 is 39.7. The number of aliphatic hydroxyl groups excluding tert-OH is 2. The van der Waals surface area contributed by atoms with Gasteiger partial charge in [-0.05, 0) is 126 Å². The fraction of sp³-hybridized carbons (Fsp3) is 0.211. The van der Waals surface area contributed by atoms with Crippen molar-refractivity contribution in [2.75, 3.05) is 20.5 Å². The summed E-state index contributed by atoms with van der Waals surface area (Å²) in [6.07, 6.45) is 17.6. The number of benzene rings is 6. The summed E-state index contributed by atoms with van der Waals surface area (Å²) in [5, 5.41) is 21.8. The van der Waals surface area contributed by atoms with E-state index in [0.717, 1.165) is 98.8 Å². The molecular weight excluding hydrogens is 1600 g/mol. The number of aromatic nitrogens is 4. The molecule has 20 heteroatoms. The molecular formula is C76H76B4Ir2N4O7SSi2-4. The van der Waals surface area contributed by atoms with Crippen LogP contribution in [-0.2, 0) is 50.3 Å². The minimum Gasteiger partial charge on any atom is -0.748 e. The normalized spacial score (nSPS) is 11.7. The van der Waals surface area contributed by atoms with Gasteiger partial charge < -0.3 is 38.6 Å². The van der Waals surface area contributed by atoms with Gasteiger partial charge in [0, 0.05) is 137 Å². The van der Waals surface area contributed by atoms with Crippen LogP contribution in [0.2, 0.25) is 39.3 Å². The number of para-hydroxylation sites is 1. The largest absolute Gasteiger partial charge is 0.748 e. The average Bonchev–Trinajstić information content (AvgIpc) is 1.27. The van der Waals surface area contributed by atoms with E-state index >= 15 is 0 Å². The number of nitrogens with zero attached hydrogens (tertiary/aromatic N) is 4. The fourth-order valence-corrected chi connectivity index (χ4v) is 13.1. The van der Waals surface area contributed by atoms with Gasteiger partial charge in [-0.15, -0.1) is 96.4 Å². The predicted octanol–water partition coefficient (Wildman–Crippen LogP) is 14.5. The van der Waals surface area contributed by atoms with Crippen molar-refractivity contribution >= 4 is 110 Å². The van der Waals surface area contributed by atoms with Crippen molar-refractivity contribution in [2.45, 2.75) is 83.7 Å². The number of pyridine rings is 4. The predicted molar refractivity (Wildman–Crippen MR) is 397 cm³/mol. The minimum absolute atomic E-state index is 0. The van der Waals surface area contributed by atoms with Crippen LogP contribution in [0.4, 0.5) is 0 Å². The van der Waals surface area contributed by atoms with Crippen LogP contribution < -0.4 is 10.4 Å². The number of terminal acetylenes is 1. The van der Waals surface area contributed by atoms with Gasteiger partial charge in [-0.3, -0.25) is 4.98 Å². The second-order valence-corrected chi connectivity index (χ2v) is 35.1. The van der Waals surface area contributed by atoms with Crippen molar-refractivity contribution < 1.29 is 72.2 Å². The molecule has 0 bridgehead atoms. The van der Waals surface area contributed by atoms with E-state index in [1.807, 2.05) is 110 Å². The summed E-state index contributed by atoms with van der Waals surface area (Å²) >= 11 is 0. The van der Waals surface area contributed by atoms with Gasteiger partial charge in [0.1, 0.15) is 16.7 Å². The Morgan fingerprint density at radius 1 is 0.542 bits per heavy atom. The summed E-state index contributed by atoms with van der Waals surface area (Å²) in [6, 6.07) is 69.3. The summed E-state index contributed by atoms with van der Waals surface area (Å²) in [4.78, 5) is 17.9. The van der Waals surface area contributed by atoms with E-state index in [1.165, 1.54) is 63.3 Å². The zero-order chi connectivity index (χ0) is 68.4. The van der Waals surface area contributed by atoms with Crippen molar-refractivity contribution in [1.29, 1.82) is 0 Å². The molecule has 0 unspecified atom stereocenters. The van der Waals surface area contributed by atoms with Gasteiger partial charge >= 0.3 is 0 Å². The first-order valence-corrected chi connectivity index (χ1v) is 39.4. The average molecular weight is 1670 g/mol. The fourth-order valence-electron chi connectivity index (χ4n) is 9.94. The van der Waals surface area contributed by atoms with Crippen LogP contribution in [0.5, 0.6) is 0 Å². The Balaban J connectivity index is 0.000000252. The third-order valence-corrected chi connectivity index (χ3v) is 18.4. The van der Waals surface area contributed by atoms with Gasteiger partial charge in [-0.2, -0.15) is 0 Å². The molecule has 6 aromatic carbocycles. The molecule has 2 saturated carbocycles. The van der Waals surface area contributed by atoms with Gasteiger partial charge in [0.2, 0.25) is 0 Å². The maximum atomic E-state index is 9.08. The Morgan fingerprint density at radius 3 is 1.33 bits per heavy atom. The molecule has 6 heterocycles. The van der Waals surface area contributed by atoms with E-state index in [-0.39, 0.29) is 40.2 Å². The van der Waals surface area contributed by atoms with E-state index in [4.69, 9.17) is 38.4 Å². The van der Waals surface area contributed by atoms with Crippen molar-refractivity contribution in [3.8, 4) is 69.2 Å². The molecule has 11 nitrogen and oxygen atoms in total. The van der Waals surface area contributed by atoms with Crippen LogP contribution >= 0.6 is 0 Å². The Morgan fingerprint density at radius 2 is 0.969 bits per heavy atom. The molecule has 0 spiro atoms. The number of rotatable bonds is 8. The standard InChI is InChI=1S/C20H19NOSi.C20H18NOSi.2C14H12N.C5H4.CH4O3S.2CH4O.B4.2Ir/c2*1-23(2,3)18-12-7-11-17-19(18)15-9-6-8-14(20(15)22-17)16-10-4-5-13-21-16;2*1-2-4-12(5-3-1)14-9-8-13(10-15-14)11-6-7-11;1-3-5-4-2;1-5(2,3)4;2*1-2;1-4(2)3;;/h4-13H,1-3H3;4-7,9-13H,1-3H3;2*1-4,8-11H,6-7H2;1H,2H3;1H3,(H,2,3,4);2*2H,1H3;;;/q;3*-1;;;;;;;/p-1. The molecule has 14 rings (SSSR count). The Kier molecular flexibility index (Phi) is 33.4. The van der Waals surface area contributed by atoms with Gasteiger partial charge in [-0.1, -0.05) is 140 Å². The Hall–Kier alpha value is -7.54. The van der Waals surface area contributed by atoms with Crippen LogP contribution in [0.3, 0.4) is 0 Å². The number of aliphatic hydroxyl groups is 2. The van der Waals surface area contributed by atoms with E-state index < -0.39 is 32.7 Å². The van der Waals surface area contributed by atoms with Crippen LogP contribution in [-0.4, -0.2) is 109 Å². The van der Waals surface area contributed by atoms with Crippen LogP contribution in [0.15, 0.2) is 210 Å². The molecule has 2 N–H and O–H groups in total. The molecule has 0 aliphatic heterocycles. The van der Waals surface area contributed by atoms with Crippen molar-refractivity contribution in [1.82, 2.24) is 19.9 Å². The first-order chi connectivity index (χ1) is 45.1. The van der Waals surface area contributed by atoms with Gasteiger partial charge in [-0.25, -0.2) is 8.42 Å². The van der Waals surface area contributed by atoms with E-state index in [1.54, 1.807) is 13.1 Å². The van der Waals surface area contributed by atoms with Crippen LogP contribution in [0.1, 0.15) is 55.6 Å². The number of furan rings is 2. The van der Waals surface area contributed by atoms with E-state index in [0.29, 0.717) is 6.26 Å². The molecule has 490 valence electrons. The van der Waals surface area contributed by atoms with E-state index in [2.05, 4.69) is 203 Å². The first kappa shape index (κ1) is 80.9. The second kappa shape index (κ2) is 39.6. The second-order valence-electron chi connectivity index (χ2n) is 23.6. The Labute approximate surface area is 601 Å². The van der Waals surface area contributed by atoms with Gasteiger partial charge in [0.25, 0.3) is 0 Å². The van der Waals surface area contributed by atoms with Gasteiger partial charge in [0.15, 0.2) is 0 Å². The van der Waals surface area contributed by atoms with E-state index in [9.17, 15) is 0 Å². The monoisotopic (exact) mass is 1670 g/mol. The number of hydrogen-bond donors (Lipinski definition) is 2. The topological polar surface area (TPSA) is 175 Å².